The summed E-state index contributed by atoms with van der Waals surface area (Å²) in [6.07, 6.45) is 0.506. The van der Waals surface area contributed by atoms with Crippen LogP contribution < -0.4 is 0 Å². The second-order valence-corrected chi connectivity index (χ2v) is 5.98. The lowest BCUT2D eigenvalue weighted by molar-refractivity contribution is 0.588. The second-order valence-electron chi connectivity index (χ2n) is 4.83. The molecule has 3 rings (SSSR count). The first kappa shape index (κ1) is 14.5. The summed E-state index contributed by atoms with van der Waals surface area (Å²) in [6, 6.07) is 4.13. The van der Waals surface area contributed by atoms with Crippen molar-refractivity contribution >= 4 is 34.0 Å². The molecule has 6 heteroatoms. The number of fused-ring (bicyclic) bond motifs is 1. The molecule has 0 saturated carbocycles. The first-order valence-electron chi connectivity index (χ1n) is 6.55. The highest BCUT2D eigenvalue weighted by Gasteiger charge is 2.20. The predicted octanol–water partition coefficient (Wildman–Crippen LogP) is 4.77. The molecule has 0 aliphatic rings. The van der Waals surface area contributed by atoms with E-state index in [2.05, 4.69) is 4.98 Å². The van der Waals surface area contributed by atoms with Crippen molar-refractivity contribution in [1.82, 2.24) is 9.55 Å². The molecule has 0 fully saturated rings. The van der Waals surface area contributed by atoms with Crippen LogP contribution in [0.4, 0.5) is 8.78 Å². The zero-order chi connectivity index (χ0) is 15.0. The second kappa shape index (κ2) is 5.73. The average Bonchev–Trinajstić information content (AvgIpc) is 3.06. The van der Waals surface area contributed by atoms with Gasteiger partial charge in [-0.3, -0.25) is 0 Å². The van der Waals surface area contributed by atoms with Crippen LogP contribution in [-0.4, -0.2) is 15.4 Å². The lowest BCUT2D eigenvalue weighted by Gasteiger charge is -2.16. The summed E-state index contributed by atoms with van der Waals surface area (Å²) in [7, 11) is 0. The highest BCUT2D eigenvalue weighted by molar-refractivity contribution is 7.07. The Morgan fingerprint density at radius 1 is 1.38 bits per heavy atom. The normalized spacial score (nSPS) is 13.0. The largest absolute Gasteiger partial charge is 0.320 e. The number of aryl methyl sites for hydroxylation is 1. The van der Waals surface area contributed by atoms with Crippen molar-refractivity contribution in [3.05, 3.63) is 52.0 Å². The van der Waals surface area contributed by atoms with E-state index in [-0.39, 0.29) is 11.6 Å². The Bertz CT molecular complexity index is 768. The van der Waals surface area contributed by atoms with Gasteiger partial charge in [0.1, 0.15) is 17.2 Å². The van der Waals surface area contributed by atoms with Crippen molar-refractivity contribution in [3.8, 4) is 0 Å². The smallest absolute Gasteiger partial charge is 0.153 e. The molecule has 0 N–H and O–H groups in total. The van der Waals surface area contributed by atoms with Gasteiger partial charge in [-0.1, -0.05) is 0 Å². The van der Waals surface area contributed by atoms with Crippen LogP contribution in [0.2, 0.25) is 0 Å². The van der Waals surface area contributed by atoms with Crippen LogP contribution in [0.3, 0.4) is 0 Å². The Morgan fingerprint density at radius 3 is 2.86 bits per heavy atom. The number of benzene rings is 1. The van der Waals surface area contributed by atoms with Crippen LogP contribution >= 0.6 is 22.9 Å². The van der Waals surface area contributed by atoms with Gasteiger partial charge in [-0.25, -0.2) is 13.8 Å². The van der Waals surface area contributed by atoms with Gasteiger partial charge in [0, 0.05) is 18.4 Å². The standard InChI is InChI=1S/C15H13ClF2N2S/c1-9(10-3-5-21-8-10)20-13-7-11(17)6-12(18)15(13)19-14(20)2-4-16/h3,5-9H,2,4H2,1H3. The molecule has 21 heavy (non-hydrogen) atoms. The van der Waals surface area contributed by atoms with E-state index in [9.17, 15) is 8.78 Å². The molecule has 0 spiro atoms. The summed E-state index contributed by atoms with van der Waals surface area (Å²) in [5.41, 5.74) is 1.74. The van der Waals surface area contributed by atoms with E-state index in [1.165, 1.54) is 6.07 Å². The molecule has 3 aromatic rings. The van der Waals surface area contributed by atoms with E-state index in [0.717, 1.165) is 11.6 Å². The van der Waals surface area contributed by atoms with Crippen LogP contribution in [0, 0.1) is 11.6 Å². The summed E-state index contributed by atoms with van der Waals surface area (Å²) < 4.78 is 29.4. The first-order chi connectivity index (χ1) is 10.1. The fourth-order valence-electron chi connectivity index (χ4n) is 2.52. The van der Waals surface area contributed by atoms with Crippen LogP contribution in [-0.2, 0) is 6.42 Å². The third-order valence-electron chi connectivity index (χ3n) is 3.52. The Morgan fingerprint density at radius 2 is 2.19 bits per heavy atom. The van der Waals surface area contributed by atoms with Gasteiger partial charge in [-0.15, -0.1) is 11.6 Å². The maximum Gasteiger partial charge on any atom is 0.153 e. The molecule has 0 bridgehead atoms. The SMILES string of the molecule is CC(c1ccsc1)n1c(CCCl)nc2c(F)cc(F)cc21. The first-order valence-corrected chi connectivity index (χ1v) is 8.03. The van der Waals surface area contributed by atoms with Gasteiger partial charge in [0.2, 0.25) is 0 Å². The van der Waals surface area contributed by atoms with Crippen molar-refractivity contribution in [2.45, 2.75) is 19.4 Å². The fourth-order valence-corrected chi connectivity index (χ4v) is 3.44. The minimum absolute atomic E-state index is 0.0549. The lowest BCUT2D eigenvalue weighted by atomic mass is 10.1. The van der Waals surface area contributed by atoms with Crippen LogP contribution in [0.15, 0.2) is 29.0 Å². The van der Waals surface area contributed by atoms with Crippen molar-refractivity contribution in [3.63, 3.8) is 0 Å². The van der Waals surface area contributed by atoms with Gasteiger partial charge < -0.3 is 4.57 Å². The van der Waals surface area contributed by atoms with E-state index in [4.69, 9.17) is 11.6 Å². The Hall–Kier alpha value is -1.46. The number of thiophene rings is 1. The highest BCUT2D eigenvalue weighted by Crippen LogP contribution is 2.29. The minimum atomic E-state index is -0.642. The quantitative estimate of drug-likeness (QED) is 0.632. The lowest BCUT2D eigenvalue weighted by Crippen LogP contribution is -2.10. The summed E-state index contributed by atoms with van der Waals surface area (Å²) in [5, 5.41) is 4.00. The Kier molecular flexibility index (Phi) is 3.95. The zero-order valence-electron chi connectivity index (χ0n) is 11.3. The topological polar surface area (TPSA) is 17.8 Å². The molecule has 2 nitrogen and oxygen atoms in total. The molecule has 0 aliphatic heterocycles. The summed E-state index contributed by atoms with van der Waals surface area (Å²) >= 11 is 7.41. The van der Waals surface area contributed by atoms with Crippen LogP contribution in [0.5, 0.6) is 0 Å². The summed E-state index contributed by atoms with van der Waals surface area (Å²) in [6.45, 7) is 1.99. The maximum absolute atomic E-state index is 13.9. The van der Waals surface area contributed by atoms with Crippen LogP contribution in [0.25, 0.3) is 11.0 Å². The third-order valence-corrected chi connectivity index (χ3v) is 4.41. The predicted molar refractivity (Wildman–Crippen MR) is 82.2 cm³/mol. The number of nitrogens with zero attached hydrogens (tertiary/aromatic N) is 2. The van der Waals surface area contributed by atoms with E-state index in [1.807, 2.05) is 28.3 Å². The zero-order valence-corrected chi connectivity index (χ0v) is 12.9. The fraction of sp³-hybridized carbons (Fsp3) is 0.267. The van der Waals surface area contributed by atoms with Crippen LogP contribution in [0.1, 0.15) is 24.4 Å². The van der Waals surface area contributed by atoms with Crippen molar-refractivity contribution in [2.24, 2.45) is 0 Å². The van der Waals surface area contributed by atoms with Gasteiger partial charge in [0.05, 0.1) is 11.6 Å². The number of rotatable bonds is 4. The van der Waals surface area contributed by atoms with Crippen molar-refractivity contribution in [1.29, 1.82) is 0 Å². The number of hydrogen-bond donors (Lipinski definition) is 0. The number of imidazole rings is 1. The Balaban J connectivity index is 2.25. The van der Waals surface area contributed by atoms with Gasteiger partial charge in [-0.05, 0) is 35.4 Å². The summed E-state index contributed by atoms with van der Waals surface area (Å²) in [4.78, 5) is 4.31. The van der Waals surface area contributed by atoms with Gasteiger partial charge >= 0.3 is 0 Å². The molecule has 0 radical (unpaired) electrons. The monoisotopic (exact) mass is 326 g/mol. The highest BCUT2D eigenvalue weighted by atomic mass is 35.5. The Labute approximate surface area is 130 Å². The number of alkyl halides is 1. The van der Waals surface area contributed by atoms with E-state index in [0.29, 0.717) is 23.6 Å². The number of halogens is 3. The van der Waals surface area contributed by atoms with Crippen molar-refractivity contribution < 1.29 is 8.78 Å². The molecular formula is C15H13ClF2N2S. The number of hydrogen-bond acceptors (Lipinski definition) is 2. The molecule has 0 amide bonds. The van der Waals surface area contributed by atoms with E-state index >= 15 is 0 Å². The molecule has 2 aromatic heterocycles. The van der Waals surface area contributed by atoms with Gasteiger partial charge in [-0.2, -0.15) is 11.3 Å². The van der Waals surface area contributed by atoms with Crippen molar-refractivity contribution in [2.75, 3.05) is 5.88 Å². The maximum atomic E-state index is 13.9. The van der Waals surface area contributed by atoms with Gasteiger partial charge in [0.25, 0.3) is 0 Å². The summed E-state index contributed by atoms with van der Waals surface area (Å²) in [5.74, 6) is -0.194. The third kappa shape index (κ3) is 2.56. The minimum Gasteiger partial charge on any atom is -0.320 e. The van der Waals surface area contributed by atoms with E-state index in [1.54, 1.807) is 11.3 Å². The number of aromatic nitrogens is 2. The van der Waals surface area contributed by atoms with E-state index < -0.39 is 11.6 Å². The van der Waals surface area contributed by atoms with Gasteiger partial charge in [0.15, 0.2) is 5.82 Å². The molecule has 1 aromatic carbocycles. The molecule has 2 heterocycles. The molecule has 0 saturated heterocycles. The molecule has 0 aliphatic carbocycles. The molecule has 110 valence electrons. The molecule has 1 unspecified atom stereocenters. The molecule has 1 atom stereocenters. The average molecular weight is 327 g/mol. The molecular weight excluding hydrogens is 314 g/mol.